The Morgan fingerprint density at radius 2 is 2.00 bits per heavy atom. The summed E-state index contributed by atoms with van der Waals surface area (Å²) in [6.07, 6.45) is 4.25. The molecule has 1 aliphatic rings. The number of phenols is 1. The van der Waals surface area contributed by atoms with Crippen LogP contribution in [0.5, 0.6) is 5.75 Å². The van der Waals surface area contributed by atoms with Crippen LogP contribution in [-0.4, -0.2) is 41.2 Å². The Bertz CT molecular complexity index is 755. The van der Waals surface area contributed by atoms with Gasteiger partial charge in [0.15, 0.2) is 0 Å². The van der Waals surface area contributed by atoms with Gasteiger partial charge >= 0.3 is 6.03 Å². The number of anilines is 1. The molecular formula is C21H28N4O2. The second kappa shape index (κ2) is 8.75. The Hall–Kier alpha value is -2.76. The van der Waals surface area contributed by atoms with Gasteiger partial charge in [0.25, 0.3) is 0 Å². The molecule has 1 saturated heterocycles. The Balaban J connectivity index is 1.49. The molecule has 0 radical (unpaired) electrons. The van der Waals surface area contributed by atoms with Gasteiger partial charge in [-0.15, -0.1) is 0 Å². The molecule has 1 fully saturated rings. The minimum Gasteiger partial charge on any atom is -0.508 e. The van der Waals surface area contributed by atoms with Gasteiger partial charge in [0.1, 0.15) is 11.6 Å². The number of carbonyl (C=O) groups excluding carboxylic acids is 1. The van der Waals surface area contributed by atoms with E-state index in [-0.39, 0.29) is 11.8 Å². The topological polar surface area (TPSA) is 68.7 Å². The molecule has 1 aliphatic heterocycles. The lowest BCUT2D eigenvalue weighted by Gasteiger charge is -2.31. The van der Waals surface area contributed by atoms with E-state index in [1.54, 1.807) is 24.1 Å². The molecule has 3 rings (SSSR count). The van der Waals surface area contributed by atoms with Gasteiger partial charge in [-0.2, -0.15) is 0 Å². The molecule has 1 aromatic heterocycles. The van der Waals surface area contributed by atoms with Crippen molar-refractivity contribution in [1.29, 1.82) is 0 Å². The van der Waals surface area contributed by atoms with E-state index in [4.69, 9.17) is 0 Å². The van der Waals surface area contributed by atoms with Crippen LogP contribution in [0.2, 0.25) is 0 Å². The summed E-state index contributed by atoms with van der Waals surface area (Å²) in [6, 6.07) is 10.9. The van der Waals surface area contributed by atoms with E-state index >= 15 is 0 Å². The monoisotopic (exact) mass is 368 g/mol. The highest BCUT2D eigenvalue weighted by atomic mass is 16.3. The lowest BCUT2D eigenvalue weighted by atomic mass is 9.99. The van der Waals surface area contributed by atoms with Crippen molar-refractivity contribution in [2.45, 2.75) is 32.9 Å². The van der Waals surface area contributed by atoms with Crippen LogP contribution in [0.15, 0.2) is 42.6 Å². The predicted molar refractivity (Wildman–Crippen MR) is 107 cm³/mol. The number of pyridine rings is 1. The summed E-state index contributed by atoms with van der Waals surface area (Å²) in [4.78, 5) is 20.7. The van der Waals surface area contributed by atoms with Gasteiger partial charge < -0.3 is 20.2 Å². The van der Waals surface area contributed by atoms with Crippen molar-refractivity contribution in [3.05, 3.63) is 53.7 Å². The van der Waals surface area contributed by atoms with E-state index in [1.165, 1.54) is 12.8 Å². The highest BCUT2D eigenvalue weighted by Crippen LogP contribution is 2.21. The highest BCUT2D eigenvalue weighted by molar-refractivity contribution is 5.73. The molecule has 0 aliphatic carbocycles. The number of urea groups is 1. The number of phenolic OH excluding ortho intramolecular Hbond substituents is 1. The number of piperidine rings is 1. The molecule has 6 heteroatoms. The third-order valence-corrected chi connectivity index (χ3v) is 5.11. The molecule has 2 N–H and O–H groups in total. The average Bonchev–Trinajstić information content (AvgIpc) is 2.69. The quantitative estimate of drug-likeness (QED) is 0.849. The van der Waals surface area contributed by atoms with E-state index in [0.29, 0.717) is 13.1 Å². The van der Waals surface area contributed by atoms with Crippen molar-refractivity contribution in [2.24, 2.45) is 5.92 Å². The number of carbonyl (C=O) groups is 1. The third kappa shape index (κ3) is 5.12. The van der Waals surface area contributed by atoms with Crippen LogP contribution in [-0.2, 0) is 13.1 Å². The van der Waals surface area contributed by atoms with Crippen LogP contribution in [0.25, 0.3) is 0 Å². The summed E-state index contributed by atoms with van der Waals surface area (Å²) < 4.78 is 0. The number of nitrogens with zero attached hydrogens (tertiary/aromatic N) is 3. The first-order chi connectivity index (χ1) is 13.0. The average molecular weight is 368 g/mol. The standard InChI is InChI=1S/C21H28N4O2/c1-16-9-11-25(12-10-16)20-8-7-17(13-22-20)14-23-21(27)24(2)15-18-5-3-4-6-19(18)26/h3-8,13,16,26H,9-12,14-15H2,1-2H3,(H,23,27). The van der Waals surface area contributed by atoms with Crippen LogP contribution in [0.4, 0.5) is 10.6 Å². The van der Waals surface area contributed by atoms with Gasteiger partial charge in [-0.05, 0) is 36.5 Å². The molecule has 6 nitrogen and oxygen atoms in total. The van der Waals surface area contributed by atoms with Gasteiger partial charge in [-0.3, -0.25) is 0 Å². The molecule has 27 heavy (non-hydrogen) atoms. The molecule has 1 aromatic carbocycles. The Labute approximate surface area is 160 Å². The van der Waals surface area contributed by atoms with Crippen molar-refractivity contribution in [3.63, 3.8) is 0 Å². The third-order valence-electron chi connectivity index (χ3n) is 5.11. The molecule has 0 bridgehead atoms. The molecule has 2 amide bonds. The number of aromatic nitrogens is 1. The van der Waals surface area contributed by atoms with E-state index in [2.05, 4.69) is 22.1 Å². The number of para-hydroxylation sites is 1. The summed E-state index contributed by atoms with van der Waals surface area (Å²) in [5.41, 5.74) is 1.69. The van der Waals surface area contributed by atoms with Crippen molar-refractivity contribution >= 4 is 11.8 Å². The molecule has 0 saturated carbocycles. The van der Waals surface area contributed by atoms with E-state index < -0.39 is 0 Å². The molecule has 2 aromatic rings. The van der Waals surface area contributed by atoms with Crippen LogP contribution in [0.1, 0.15) is 30.9 Å². The molecule has 2 heterocycles. The fraction of sp³-hybridized carbons (Fsp3) is 0.429. The van der Waals surface area contributed by atoms with E-state index in [0.717, 1.165) is 36.0 Å². The Morgan fingerprint density at radius 3 is 2.67 bits per heavy atom. The van der Waals surface area contributed by atoms with Crippen LogP contribution >= 0.6 is 0 Å². The normalized spacial score (nSPS) is 14.8. The number of aromatic hydroxyl groups is 1. The Morgan fingerprint density at radius 1 is 1.26 bits per heavy atom. The lowest BCUT2D eigenvalue weighted by Crippen LogP contribution is -2.36. The molecule has 0 spiro atoms. The fourth-order valence-electron chi connectivity index (χ4n) is 3.23. The van der Waals surface area contributed by atoms with Gasteiger partial charge in [-0.1, -0.05) is 31.2 Å². The minimum atomic E-state index is -0.188. The van der Waals surface area contributed by atoms with Crippen molar-refractivity contribution in [1.82, 2.24) is 15.2 Å². The maximum Gasteiger partial charge on any atom is 0.317 e. The minimum absolute atomic E-state index is 0.188. The molecular weight excluding hydrogens is 340 g/mol. The van der Waals surface area contributed by atoms with Gasteiger partial charge in [0.2, 0.25) is 0 Å². The molecule has 0 unspecified atom stereocenters. The Kier molecular flexibility index (Phi) is 6.16. The SMILES string of the molecule is CC1CCN(c2ccc(CNC(=O)N(C)Cc3ccccc3O)cn2)CC1. The first-order valence-electron chi connectivity index (χ1n) is 9.48. The predicted octanol–water partition coefficient (Wildman–Crippen LogP) is 3.37. The summed E-state index contributed by atoms with van der Waals surface area (Å²) in [5.74, 6) is 2.00. The lowest BCUT2D eigenvalue weighted by molar-refractivity contribution is 0.206. The zero-order valence-corrected chi connectivity index (χ0v) is 16.1. The van der Waals surface area contributed by atoms with Crippen LogP contribution in [0.3, 0.4) is 0 Å². The second-order valence-corrected chi connectivity index (χ2v) is 7.34. The van der Waals surface area contributed by atoms with Crippen molar-refractivity contribution in [2.75, 3.05) is 25.0 Å². The van der Waals surface area contributed by atoms with Gasteiger partial charge in [0.05, 0.1) is 6.54 Å². The van der Waals surface area contributed by atoms with Crippen molar-refractivity contribution in [3.8, 4) is 5.75 Å². The number of benzene rings is 1. The van der Waals surface area contributed by atoms with E-state index in [9.17, 15) is 9.90 Å². The summed E-state index contributed by atoms with van der Waals surface area (Å²) in [5, 5.41) is 12.7. The summed E-state index contributed by atoms with van der Waals surface area (Å²) in [6.45, 7) is 5.19. The first kappa shape index (κ1) is 19.0. The van der Waals surface area contributed by atoms with Gasteiger partial charge in [-0.25, -0.2) is 9.78 Å². The number of amides is 2. The summed E-state index contributed by atoms with van der Waals surface area (Å²) >= 11 is 0. The smallest absolute Gasteiger partial charge is 0.317 e. The largest absolute Gasteiger partial charge is 0.508 e. The number of nitrogens with one attached hydrogen (secondary N) is 1. The second-order valence-electron chi connectivity index (χ2n) is 7.34. The first-order valence-corrected chi connectivity index (χ1v) is 9.48. The number of rotatable bonds is 5. The number of hydrogen-bond acceptors (Lipinski definition) is 4. The maximum atomic E-state index is 12.3. The summed E-state index contributed by atoms with van der Waals surface area (Å²) in [7, 11) is 1.71. The van der Waals surface area contributed by atoms with E-state index in [1.807, 2.05) is 30.5 Å². The number of hydrogen-bond donors (Lipinski definition) is 2. The fourth-order valence-corrected chi connectivity index (χ4v) is 3.23. The zero-order chi connectivity index (χ0) is 19.2. The van der Waals surface area contributed by atoms with Gasteiger partial charge in [0, 0.05) is 38.4 Å². The molecule has 0 atom stereocenters. The zero-order valence-electron chi connectivity index (χ0n) is 16.1. The van der Waals surface area contributed by atoms with Crippen molar-refractivity contribution < 1.29 is 9.90 Å². The van der Waals surface area contributed by atoms with Crippen LogP contribution in [0, 0.1) is 5.92 Å². The maximum absolute atomic E-state index is 12.3. The van der Waals surface area contributed by atoms with Crippen LogP contribution < -0.4 is 10.2 Å². The highest BCUT2D eigenvalue weighted by Gasteiger charge is 2.17. The molecule has 144 valence electrons.